The number of carbonyl (C=O) groups excluding carboxylic acids is 2. The molecule has 1 aliphatic carbocycles. The Morgan fingerprint density at radius 3 is 2.50 bits per heavy atom. The summed E-state index contributed by atoms with van der Waals surface area (Å²) >= 11 is 12.5. The molecule has 38 heavy (non-hydrogen) atoms. The number of fused-ring (bicyclic) bond motifs is 1. The summed E-state index contributed by atoms with van der Waals surface area (Å²) in [5.41, 5.74) is -0.276. The van der Waals surface area contributed by atoms with Gasteiger partial charge >= 0.3 is 0 Å². The Kier molecular flexibility index (Phi) is 8.43. The zero-order chi connectivity index (χ0) is 27.8. The monoisotopic (exact) mass is 563 g/mol. The first-order chi connectivity index (χ1) is 17.9. The third-order valence-corrected chi connectivity index (χ3v) is 8.27. The molecule has 0 bridgehead atoms. The zero-order valence-electron chi connectivity index (χ0n) is 22.2. The van der Waals surface area contributed by atoms with Crippen LogP contribution >= 0.6 is 23.2 Å². The molecular weight excluding hydrogens is 528 g/mol. The summed E-state index contributed by atoms with van der Waals surface area (Å²) in [7, 11) is 1.64. The van der Waals surface area contributed by atoms with E-state index in [1.165, 1.54) is 6.07 Å². The van der Waals surface area contributed by atoms with Crippen molar-refractivity contribution in [3.05, 3.63) is 63.4 Å². The van der Waals surface area contributed by atoms with Crippen LogP contribution in [0.15, 0.2) is 36.4 Å². The Labute approximate surface area is 233 Å². The van der Waals surface area contributed by atoms with Crippen LogP contribution in [-0.2, 0) is 15.0 Å². The predicted molar refractivity (Wildman–Crippen MR) is 149 cm³/mol. The first kappa shape index (κ1) is 28.8. The zero-order valence-corrected chi connectivity index (χ0v) is 23.7. The van der Waals surface area contributed by atoms with Gasteiger partial charge in [0.2, 0.25) is 11.8 Å². The van der Waals surface area contributed by atoms with Crippen LogP contribution in [0.2, 0.25) is 10.0 Å². The molecule has 1 fully saturated rings. The molecule has 1 heterocycles. The Balaban J connectivity index is 1.91. The fourth-order valence-electron chi connectivity index (χ4n) is 6.25. The molecule has 9 heteroatoms. The Morgan fingerprint density at radius 1 is 1.18 bits per heavy atom. The SMILES string of the molecule is CNC(C(=O)NC1CCC(O)CC1)[C@H](c1cccc(Cl)c1F)[C@@]1(CC(C)(C)C)C(=O)Nc2cc(Cl)ccc21. The standard InChI is InChI=1S/C29H36Cl2FN3O3/c1-28(2,3)15-29(20-13-8-16(30)14-22(20)35-27(29)38)23(19-6-5-7-21(31)24(19)32)25(33-4)26(37)34-17-9-11-18(36)12-10-17/h5-8,13-14,17-18,23,25,33,36H,9-12,15H2,1-4H3,(H,34,37)(H,35,38)/t17?,18?,23-,25?,29-/m0/s1. The summed E-state index contributed by atoms with van der Waals surface area (Å²) in [6.45, 7) is 6.05. The largest absolute Gasteiger partial charge is 0.393 e. The minimum absolute atomic E-state index is 0.0790. The summed E-state index contributed by atoms with van der Waals surface area (Å²) in [5.74, 6) is -2.25. The number of carbonyl (C=O) groups is 2. The van der Waals surface area contributed by atoms with E-state index in [4.69, 9.17) is 23.2 Å². The number of halogens is 3. The highest BCUT2D eigenvalue weighted by molar-refractivity contribution is 6.31. The highest BCUT2D eigenvalue weighted by Gasteiger charge is 2.58. The third kappa shape index (κ3) is 5.57. The average molecular weight is 565 g/mol. The minimum atomic E-state index is -1.31. The second kappa shape index (κ2) is 11.1. The Hall–Kier alpha value is -2.19. The van der Waals surface area contributed by atoms with Gasteiger partial charge in [-0.1, -0.05) is 62.2 Å². The molecule has 206 valence electrons. The molecule has 2 aromatic carbocycles. The predicted octanol–water partition coefficient (Wildman–Crippen LogP) is 5.55. The van der Waals surface area contributed by atoms with Crippen molar-refractivity contribution in [1.82, 2.24) is 10.6 Å². The van der Waals surface area contributed by atoms with Crippen LogP contribution < -0.4 is 16.0 Å². The number of aliphatic hydroxyl groups excluding tert-OH is 1. The Morgan fingerprint density at radius 2 is 1.87 bits per heavy atom. The van der Waals surface area contributed by atoms with Gasteiger partial charge in [0, 0.05) is 22.7 Å². The average Bonchev–Trinajstić information content (AvgIpc) is 3.10. The van der Waals surface area contributed by atoms with Crippen molar-refractivity contribution in [2.75, 3.05) is 12.4 Å². The van der Waals surface area contributed by atoms with Crippen LogP contribution in [0.25, 0.3) is 0 Å². The van der Waals surface area contributed by atoms with E-state index < -0.39 is 23.2 Å². The van der Waals surface area contributed by atoms with Gasteiger partial charge in [0.1, 0.15) is 5.82 Å². The number of anilines is 1. The molecule has 6 nitrogen and oxygen atoms in total. The van der Waals surface area contributed by atoms with Crippen molar-refractivity contribution < 1.29 is 19.1 Å². The molecule has 0 saturated heterocycles. The number of hydrogen-bond acceptors (Lipinski definition) is 4. The molecule has 1 aliphatic heterocycles. The Bertz CT molecular complexity index is 1210. The van der Waals surface area contributed by atoms with E-state index in [9.17, 15) is 14.7 Å². The maximum Gasteiger partial charge on any atom is 0.238 e. The lowest BCUT2D eigenvalue weighted by atomic mass is 9.59. The van der Waals surface area contributed by atoms with Crippen molar-refractivity contribution in [1.29, 1.82) is 0 Å². The van der Waals surface area contributed by atoms with Crippen molar-refractivity contribution in [3.8, 4) is 0 Å². The van der Waals surface area contributed by atoms with E-state index >= 15 is 4.39 Å². The van der Waals surface area contributed by atoms with Gasteiger partial charge in [-0.2, -0.15) is 0 Å². The molecule has 2 amide bonds. The van der Waals surface area contributed by atoms with Crippen LogP contribution in [0.1, 0.15) is 69.9 Å². The van der Waals surface area contributed by atoms with Gasteiger partial charge in [0.25, 0.3) is 0 Å². The highest BCUT2D eigenvalue weighted by atomic mass is 35.5. The van der Waals surface area contributed by atoms with E-state index in [2.05, 4.69) is 16.0 Å². The fraction of sp³-hybridized carbons (Fsp3) is 0.517. The van der Waals surface area contributed by atoms with Crippen molar-refractivity contribution >= 4 is 40.7 Å². The van der Waals surface area contributed by atoms with Crippen molar-refractivity contribution in [2.45, 2.75) is 82.4 Å². The van der Waals surface area contributed by atoms with Crippen LogP contribution in [0, 0.1) is 11.2 Å². The molecule has 2 aliphatic rings. The number of likely N-dealkylation sites (N-methyl/N-ethyl adjacent to an activating group) is 1. The molecular formula is C29H36Cl2FN3O3. The molecule has 0 aromatic heterocycles. The summed E-state index contributed by atoms with van der Waals surface area (Å²) in [6.07, 6.45) is 2.47. The lowest BCUT2D eigenvalue weighted by Crippen LogP contribution is -2.57. The van der Waals surface area contributed by atoms with E-state index in [0.717, 1.165) is 0 Å². The van der Waals surface area contributed by atoms with Crippen LogP contribution in [0.4, 0.5) is 10.1 Å². The lowest BCUT2D eigenvalue weighted by molar-refractivity contribution is -0.128. The third-order valence-electron chi connectivity index (χ3n) is 7.74. The molecule has 1 unspecified atom stereocenters. The normalized spacial score (nSPS) is 24.9. The van der Waals surface area contributed by atoms with Crippen molar-refractivity contribution in [2.24, 2.45) is 5.41 Å². The smallest absolute Gasteiger partial charge is 0.238 e. The van der Waals surface area contributed by atoms with Gasteiger partial charge in [0.05, 0.1) is 22.6 Å². The van der Waals surface area contributed by atoms with Gasteiger partial charge in [-0.3, -0.25) is 9.59 Å². The first-order valence-electron chi connectivity index (χ1n) is 13.1. The number of hydrogen-bond donors (Lipinski definition) is 4. The van der Waals surface area contributed by atoms with Gasteiger partial charge in [0.15, 0.2) is 0 Å². The second-order valence-electron chi connectivity index (χ2n) is 11.8. The number of rotatable bonds is 7. The molecule has 3 atom stereocenters. The summed E-state index contributed by atoms with van der Waals surface area (Å²) in [4.78, 5) is 28.1. The molecule has 0 radical (unpaired) electrons. The first-order valence-corrected chi connectivity index (χ1v) is 13.8. The van der Waals surface area contributed by atoms with Gasteiger partial charge in [-0.05, 0) is 73.9 Å². The number of benzene rings is 2. The summed E-state index contributed by atoms with van der Waals surface area (Å²) < 4.78 is 15.9. The molecule has 2 aromatic rings. The highest BCUT2D eigenvalue weighted by Crippen LogP contribution is 2.55. The van der Waals surface area contributed by atoms with E-state index in [1.54, 1.807) is 37.4 Å². The van der Waals surface area contributed by atoms with Crippen molar-refractivity contribution in [3.63, 3.8) is 0 Å². The molecule has 4 rings (SSSR count). The minimum Gasteiger partial charge on any atom is -0.393 e. The lowest BCUT2D eigenvalue weighted by Gasteiger charge is -2.44. The van der Waals surface area contributed by atoms with Gasteiger partial charge in [-0.25, -0.2) is 4.39 Å². The topological polar surface area (TPSA) is 90.5 Å². The second-order valence-corrected chi connectivity index (χ2v) is 12.6. The number of aliphatic hydroxyl groups is 1. The molecule has 4 N–H and O–H groups in total. The van der Waals surface area contributed by atoms with Crippen LogP contribution in [0.5, 0.6) is 0 Å². The van der Waals surface area contributed by atoms with Crippen LogP contribution in [0.3, 0.4) is 0 Å². The fourth-order valence-corrected chi connectivity index (χ4v) is 6.60. The van der Waals surface area contributed by atoms with E-state index in [1.807, 2.05) is 20.8 Å². The van der Waals surface area contributed by atoms with Crippen LogP contribution in [-0.4, -0.2) is 42.2 Å². The van der Waals surface area contributed by atoms with E-state index in [0.29, 0.717) is 48.4 Å². The maximum atomic E-state index is 15.9. The van der Waals surface area contributed by atoms with Gasteiger partial charge < -0.3 is 21.1 Å². The molecule has 1 saturated carbocycles. The summed E-state index contributed by atoms with van der Waals surface area (Å²) in [6, 6.07) is 8.81. The van der Waals surface area contributed by atoms with Gasteiger partial charge in [-0.15, -0.1) is 0 Å². The van der Waals surface area contributed by atoms with E-state index in [-0.39, 0.29) is 40.0 Å². The quantitative estimate of drug-likeness (QED) is 0.355. The number of nitrogens with one attached hydrogen (secondary N) is 3. The maximum absolute atomic E-state index is 15.9. The number of amides is 2. The summed E-state index contributed by atoms with van der Waals surface area (Å²) in [5, 5.41) is 19.5. The molecule has 0 spiro atoms.